The number of rotatable bonds is 9. The lowest BCUT2D eigenvalue weighted by atomic mass is 10.1. The molecular weight excluding hydrogens is 460 g/mol. The van der Waals surface area contributed by atoms with Crippen molar-refractivity contribution in [2.75, 3.05) is 12.4 Å². The summed E-state index contributed by atoms with van der Waals surface area (Å²) in [5, 5.41) is 2.35. The summed E-state index contributed by atoms with van der Waals surface area (Å²) in [6, 6.07) is 16.0. The molecule has 4 rings (SSSR count). The zero-order valence-electron chi connectivity index (χ0n) is 18.6. The molecule has 1 unspecified atom stereocenters. The Balaban J connectivity index is 1.56. The summed E-state index contributed by atoms with van der Waals surface area (Å²) in [6.07, 6.45) is 0.191. The molecule has 0 aliphatic heterocycles. The normalized spacial score (nSPS) is 14.3. The van der Waals surface area contributed by atoms with Crippen molar-refractivity contribution >= 4 is 27.6 Å². The van der Waals surface area contributed by atoms with E-state index in [4.69, 9.17) is 13.9 Å². The molecule has 0 spiro atoms. The van der Waals surface area contributed by atoms with Gasteiger partial charge < -0.3 is 19.2 Å². The lowest BCUT2D eigenvalue weighted by Crippen LogP contribution is -2.26. The summed E-state index contributed by atoms with van der Waals surface area (Å²) >= 11 is 0. The van der Waals surface area contributed by atoms with Crippen LogP contribution in [0.5, 0.6) is 5.75 Å². The molecule has 10 heteroatoms. The summed E-state index contributed by atoms with van der Waals surface area (Å²) in [5.74, 6) is -1.48. The van der Waals surface area contributed by atoms with Crippen molar-refractivity contribution in [2.45, 2.75) is 37.0 Å². The standard InChI is InChI=1S/C24H24N2O7S/c1-15-8-11-19(31-2)18(14-15)25-23(27)22(16-6-4-3-5-7-16)33-24(28)20-12-13-21(32-20)34(29,30)26-17-9-10-17/h3-8,11-14,17,22,26H,9-10H2,1-2H3,(H,25,27). The third-order valence-electron chi connectivity index (χ3n) is 5.12. The zero-order valence-corrected chi connectivity index (χ0v) is 19.4. The first-order valence-corrected chi connectivity index (χ1v) is 12.1. The second kappa shape index (κ2) is 9.70. The number of nitrogens with one attached hydrogen (secondary N) is 2. The fraction of sp³-hybridized carbons (Fsp3) is 0.250. The van der Waals surface area contributed by atoms with Crippen LogP contribution in [0.1, 0.15) is 40.6 Å². The molecule has 1 amide bonds. The number of furan rings is 1. The van der Waals surface area contributed by atoms with Crippen LogP contribution in [0.4, 0.5) is 5.69 Å². The van der Waals surface area contributed by atoms with Crippen LogP contribution in [0.2, 0.25) is 0 Å². The minimum Gasteiger partial charge on any atom is -0.495 e. The largest absolute Gasteiger partial charge is 0.495 e. The lowest BCUT2D eigenvalue weighted by molar-refractivity contribution is -0.125. The predicted molar refractivity (Wildman–Crippen MR) is 123 cm³/mol. The monoisotopic (exact) mass is 484 g/mol. The molecular formula is C24H24N2O7S. The van der Waals surface area contributed by atoms with Gasteiger partial charge in [0.05, 0.1) is 12.8 Å². The van der Waals surface area contributed by atoms with E-state index >= 15 is 0 Å². The fourth-order valence-corrected chi connectivity index (χ4v) is 4.47. The highest BCUT2D eigenvalue weighted by Gasteiger charge is 2.32. The van der Waals surface area contributed by atoms with Crippen molar-refractivity contribution < 1.29 is 31.9 Å². The van der Waals surface area contributed by atoms with Gasteiger partial charge in [0.2, 0.25) is 17.0 Å². The summed E-state index contributed by atoms with van der Waals surface area (Å²) in [5.41, 5.74) is 1.74. The van der Waals surface area contributed by atoms with Gasteiger partial charge in [-0.1, -0.05) is 36.4 Å². The van der Waals surface area contributed by atoms with Crippen LogP contribution in [0.15, 0.2) is 70.2 Å². The number of aryl methyl sites for hydroxylation is 1. The molecule has 1 aliphatic rings. The number of anilines is 1. The van der Waals surface area contributed by atoms with Crippen LogP contribution in [0.3, 0.4) is 0 Å². The average Bonchev–Trinajstić information content (AvgIpc) is 3.46. The number of carbonyl (C=O) groups excluding carboxylic acids is 2. The van der Waals surface area contributed by atoms with E-state index in [-0.39, 0.29) is 11.8 Å². The second-order valence-corrected chi connectivity index (χ2v) is 9.55. The van der Waals surface area contributed by atoms with Crippen molar-refractivity contribution in [2.24, 2.45) is 0 Å². The number of esters is 1. The van der Waals surface area contributed by atoms with Crippen molar-refractivity contribution in [1.29, 1.82) is 0 Å². The SMILES string of the molecule is COc1ccc(C)cc1NC(=O)C(OC(=O)c1ccc(S(=O)(=O)NC2CC2)o1)c1ccccc1. The van der Waals surface area contributed by atoms with Gasteiger partial charge in [0.15, 0.2) is 0 Å². The van der Waals surface area contributed by atoms with Gasteiger partial charge in [0.1, 0.15) is 5.75 Å². The average molecular weight is 485 g/mol. The van der Waals surface area contributed by atoms with E-state index in [1.54, 1.807) is 42.5 Å². The van der Waals surface area contributed by atoms with Crippen LogP contribution in [0, 0.1) is 6.92 Å². The fourth-order valence-electron chi connectivity index (χ4n) is 3.24. The summed E-state index contributed by atoms with van der Waals surface area (Å²) < 4.78 is 43.2. The molecule has 9 nitrogen and oxygen atoms in total. The molecule has 1 aliphatic carbocycles. The lowest BCUT2D eigenvalue weighted by Gasteiger charge is -2.18. The van der Waals surface area contributed by atoms with Gasteiger partial charge in [-0.25, -0.2) is 17.9 Å². The van der Waals surface area contributed by atoms with Crippen LogP contribution in [-0.4, -0.2) is 33.4 Å². The molecule has 1 saturated carbocycles. The number of amides is 1. The van der Waals surface area contributed by atoms with Crippen LogP contribution >= 0.6 is 0 Å². The maximum atomic E-state index is 13.2. The molecule has 3 aromatic rings. The van der Waals surface area contributed by atoms with E-state index in [2.05, 4.69) is 10.0 Å². The quantitative estimate of drug-likeness (QED) is 0.445. The number of methoxy groups -OCH3 is 1. The van der Waals surface area contributed by atoms with E-state index in [0.29, 0.717) is 17.0 Å². The van der Waals surface area contributed by atoms with E-state index < -0.39 is 33.1 Å². The third-order valence-corrected chi connectivity index (χ3v) is 6.52. The summed E-state index contributed by atoms with van der Waals surface area (Å²) in [4.78, 5) is 26.0. The molecule has 1 aromatic heterocycles. The highest BCUT2D eigenvalue weighted by atomic mass is 32.2. The molecule has 1 heterocycles. The Morgan fingerprint density at radius 2 is 1.79 bits per heavy atom. The van der Waals surface area contributed by atoms with Crippen LogP contribution < -0.4 is 14.8 Å². The third kappa shape index (κ3) is 5.46. The number of carbonyl (C=O) groups is 2. The van der Waals surface area contributed by atoms with E-state index in [1.165, 1.54) is 19.2 Å². The zero-order chi connectivity index (χ0) is 24.3. The Kier molecular flexibility index (Phi) is 6.71. The van der Waals surface area contributed by atoms with Gasteiger partial charge in [0.25, 0.3) is 15.9 Å². The van der Waals surface area contributed by atoms with Gasteiger partial charge in [-0.05, 0) is 49.6 Å². The highest BCUT2D eigenvalue weighted by molar-refractivity contribution is 7.89. The smallest absolute Gasteiger partial charge is 0.375 e. The molecule has 1 fully saturated rings. The number of benzene rings is 2. The van der Waals surface area contributed by atoms with Gasteiger partial charge in [0, 0.05) is 11.6 Å². The molecule has 0 saturated heterocycles. The first kappa shape index (κ1) is 23.5. The Morgan fingerprint density at radius 1 is 1.06 bits per heavy atom. The molecule has 2 N–H and O–H groups in total. The number of sulfonamides is 1. The number of ether oxygens (including phenoxy) is 2. The molecule has 0 bridgehead atoms. The number of hydrogen-bond donors (Lipinski definition) is 2. The van der Waals surface area contributed by atoms with Crippen LogP contribution in [-0.2, 0) is 19.6 Å². The maximum absolute atomic E-state index is 13.2. The molecule has 34 heavy (non-hydrogen) atoms. The minimum atomic E-state index is -3.88. The summed E-state index contributed by atoms with van der Waals surface area (Å²) in [6.45, 7) is 1.87. The predicted octanol–water partition coefficient (Wildman–Crippen LogP) is 3.57. The molecule has 2 aromatic carbocycles. The van der Waals surface area contributed by atoms with Gasteiger partial charge >= 0.3 is 5.97 Å². The van der Waals surface area contributed by atoms with Crippen molar-refractivity contribution in [3.63, 3.8) is 0 Å². The van der Waals surface area contributed by atoms with Crippen molar-refractivity contribution in [3.8, 4) is 5.75 Å². The van der Waals surface area contributed by atoms with E-state index in [0.717, 1.165) is 18.4 Å². The Labute approximate surface area is 197 Å². The second-order valence-electron chi connectivity index (χ2n) is 7.90. The molecule has 0 radical (unpaired) electrons. The van der Waals surface area contributed by atoms with Gasteiger partial charge in [-0.2, -0.15) is 0 Å². The van der Waals surface area contributed by atoms with Crippen LogP contribution in [0.25, 0.3) is 0 Å². The van der Waals surface area contributed by atoms with E-state index in [9.17, 15) is 18.0 Å². The summed E-state index contributed by atoms with van der Waals surface area (Å²) in [7, 11) is -2.39. The first-order valence-electron chi connectivity index (χ1n) is 10.6. The Hall–Kier alpha value is -3.63. The van der Waals surface area contributed by atoms with E-state index in [1.807, 2.05) is 13.0 Å². The topological polar surface area (TPSA) is 124 Å². The van der Waals surface area contributed by atoms with Gasteiger partial charge in [-0.15, -0.1) is 0 Å². The first-order chi connectivity index (χ1) is 16.3. The van der Waals surface area contributed by atoms with Crippen molar-refractivity contribution in [3.05, 3.63) is 77.6 Å². The molecule has 1 atom stereocenters. The Bertz CT molecular complexity index is 1300. The Morgan fingerprint density at radius 3 is 2.47 bits per heavy atom. The maximum Gasteiger partial charge on any atom is 0.375 e. The molecule has 178 valence electrons. The van der Waals surface area contributed by atoms with Crippen molar-refractivity contribution in [1.82, 2.24) is 4.72 Å². The minimum absolute atomic E-state index is 0.115. The number of hydrogen-bond acceptors (Lipinski definition) is 7. The van der Waals surface area contributed by atoms with Gasteiger partial charge in [-0.3, -0.25) is 4.79 Å². The highest BCUT2D eigenvalue weighted by Crippen LogP contribution is 2.29.